The van der Waals surface area contributed by atoms with Crippen LogP contribution in [0.3, 0.4) is 0 Å². The van der Waals surface area contributed by atoms with Gasteiger partial charge in [-0.25, -0.2) is 0 Å². The van der Waals surface area contributed by atoms with Gasteiger partial charge in [0, 0.05) is 26.4 Å². The summed E-state index contributed by atoms with van der Waals surface area (Å²) in [5.41, 5.74) is 8.36. The van der Waals surface area contributed by atoms with Gasteiger partial charge in [0.15, 0.2) is 5.58 Å². The molecule has 0 N–H and O–H groups in total. The summed E-state index contributed by atoms with van der Waals surface area (Å²) in [5.74, 6) is 0. The standard InChI is InChI=1S/C44H26OS/c1-2-11-28(12-3-1)39-26-45-43-37(39)23-24-38-31-22-21-29(25-40(31)46-44(38)43)41-33-16-6-8-18-35(33)42(36-19-9-7-17-34(36)41)32-20-10-14-27-13-4-5-15-30(27)32/h1-26H. The Morgan fingerprint density at radius 2 is 1.00 bits per heavy atom. The fraction of sp³-hybridized carbons (Fsp3) is 0. The second-order valence-electron chi connectivity index (χ2n) is 12.0. The van der Waals surface area contributed by atoms with Crippen LogP contribution in [0.25, 0.3) is 96.8 Å². The van der Waals surface area contributed by atoms with Crippen LogP contribution in [0.5, 0.6) is 0 Å². The Morgan fingerprint density at radius 1 is 0.391 bits per heavy atom. The van der Waals surface area contributed by atoms with E-state index in [0.29, 0.717) is 0 Å². The maximum Gasteiger partial charge on any atom is 0.152 e. The lowest BCUT2D eigenvalue weighted by molar-refractivity contribution is 0.621. The molecule has 0 unspecified atom stereocenters. The van der Waals surface area contributed by atoms with Crippen LogP contribution in [0.1, 0.15) is 0 Å². The summed E-state index contributed by atoms with van der Waals surface area (Å²) in [6.45, 7) is 0. The average Bonchev–Trinajstić information content (AvgIpc) is 3.72. The van der Waals surface area contributed by atoms with Crippen LogP contribution in [0, 0.1) is 0 Å². The molecule has 0 aliphatic carbocycles. The summed E-state index contributed by atoms with van der Waals surface area (Å²) in [4.78, 5) is 0. The van der Waals surface area contributed by atoms with E-state index in [4.69, 9.17) is 4.42 Å². The summed E-state index contributed by atoms with van der Waals surface area (Å²) >= 11 is 1.83. The topological polar surface area (TPSA) is 13.1 Å². The molecule has 10 rings (SSSR count). The third kappa shape index (κ3) is 3.68. The number of benzene rings is 8. The van der Waals surface area contributed by atoms with Crippen LogP contribution in [0.2, 0.25) is 0 Å². The highest BCUT2D eigenvalue weighted by molar-refractivity contribution is 7.26. The second kappa shape index (κ2) is 9.90. The number of rotatable bonds is 3. The first kappa shape index (κ1) is 25.6. The minimum absolute atomic E-state index is 0.967. The molecule has 2 aromatic heterocycles. The molecule has 2 heterocycles. The quantitative estimate of drug-likeness (QED) is 0.183. The van der Waals surface area contributed by atoms with Gasteiger partial charge in [-0.2, -0.15) is 0 Å². The zero-order chi connectivity index (χ0) is 30.2. The maximum atomic E-state index is 6.27. The molecule has 0 bridgehead atoms. The SMILES string of the molecule is c1ccc(-c2coc3c2ccc2c4ccc(-c5c6ccccc6c(-c6cccc7ccccc67)c6ccccc56)cc4sc23)cc1. The predicted molar refractivity (Wildman–Crippen MR) is 198 cm³/mol. The van der Waals surface area contributed by atoms with Crippen molar-refractivity contribution >= 4 is 74.8 Å². The van der Waals surface area contributed by atoms with E-state index < -0.39 is 0 Å². The fourth-order valence-electron chi connectivity index (χ4n) is 7.50. The van der Waals surface area contributed by atoms with E-state index in [9.17, 15) is 0 Å². The van der Waals surface area contributed by atoms with Crippen molar-refractivity contribution in [3.8, 4) is 33.4 Å². The van der Waals surface area contributed by atoms with Crippen molar-refractivity contribution in [2.24, 2.45) is 0 Å². The maximum absolute atomic E-state index is 6.27. The Bertz CT molecular complexity index is 2740. The van der Waals surface area contributed by atoms with Gasteiger partial charge in [-0.3, -0.25) is 0 Å². The van der Waals surface area contributed by atoms with Crippen LogP contribution in [0.15, 0.2) is 162 Å². The monoisotopic (exact) mass is 602 g/mol. The van der Waals surface area contributed by atoms with Crippen molar-refractivity contribution < 1.29 is 4.42 Å². The summed E-state index contributed by atoms with van der Waals surface area (Å²) in [6.07, 6.45) is 1.91. The van der Waals surface area contributed by atoms with Gasteiger partial charge in [0.05, 0.1) is 11.0 Å². The van der Waals surface area contributed by atoms with E-state index in [1.807, 2.05) is 17.6 Å². The van der Waals surface area contributed by atoms with Gasteiger partial charge in [-0.1, -0.05) is 140 Å². The van der Waals surface area contributed by atoms with Gasteiger partial charge in [0.25, 0.3) is 0 Å². The van der Waals surface area contributed by atoms with Crippen LogP contribution < -0.4 is 0 Å². The number of fused-ring (bicyclic) bond motifs is 8. The van der Waals surface area contributed by atoms with Crippen molar-refractivity contribution in [3.63, 3.8) is 0 Å². The smallest absolute Gasteiger partial charge is 0.152 e. The molecule has 0 radical (unpaired) electrons. The summed E-state index contributed by atoms with van der Waals surface area (Å²) < 4.78 is 8.74. The van der Waals surface area contributed by atoms with E-state index in [0.717, 1.165) is 16.5 Å². The summed E-state index contributed by atoms with van der Waals surface area (Å²) in [6, 6.07) is 55.2. The third-order valence-corrected chi connectivity index (χ3v) is 10.7. The van der Waals surface area contributed by atoms with Crippen molar-refractivity contribution in [2.75, 3.05) is 0 Å². The van der Waals surface area contributed by atoms with Crippen LogP contribution >= 0.6 is 11.3 Å². The Morgan fingerprint density at radius 3 is 1.76 bits per heavy atom. The van der Waals surface area contributed by atoms with E-state index in [2.05, 4.69) is 152 Å². The molecule has 8 aromatic carbocycles. The number of hydrogen-bond donors (Lipinski definition) is 0. The number of furan rings is 1. The molecular weight excluding hydrogens is 577 g/mol. The molecule has 0 aliphatic rings. The van der Waals surface area contributed by atoms with Crippen molar-refractivity contribution in [3.05, 3.63) is 158 Å². The van der Waals surface area contributed by atoms with Crippen molar-refractivity contribution in [1.29, 1.82) is 0 Å². The summed E-state index contributed by atoms with van der Waals surface area (Å²) in [5, 5.41) is 11.3. The fourth-order valence-corrected chi connectivity index (χ4v) is 8.73. The minimum atomic E-state index is 0.967. The Kier molecular flexibility index (Phi) is 5.51. The first-order valence-electron chi connectivity index (χ1n) is 15.7. The Hall–Kier alpha value is -5.70. The molecule has 0 amide bonds. The molecule has 46 heavy (non-hydrogen) atoms. The predicted octanol–water partition coefficient (Wildman–Crippen LogP) is 13.3. The lowest BCUT2D eigenvalue weighted by atomic mass is 9.84. The van der Waals surface area contributed by atoms with Crippen LogP contribution in [-0.4, -0.2) is 0 Å². The zero-order valence-corrected chi connectivity index (χ0v) is 25.6. The van der Waals surface area contributed by atoms with E-state index in [1.165, 1.54) is 80.3 Å². The number of thiophene rings is 1. The minimum Gasteiger partial charge on any atom is -0.462 e. The highest BCUT2D eigenvalue weighted by atomic mass is 32.1. The normalized spacial score (nSPS) is 11.9. The number of hydrogen-bond acceptors (Lipinski definition) is 2. The zero-order valence-electron chi connectivity index (χ0n) is 24.8. The lowest BCUT2D eigenvalue weighted by Gasteiger charge is -2.18. The first-order chi connectivity index (χ1) is 22.8. The molecule has 0 fully saturated rings. The molecule has 0 spiro atoms. The molecular formula is C44H26OS. The van der Waals surface area contributed by atoms with E-state index in [1.54, 1.807) is 0 Å². The van der Waals surface area contributed by atoms with Gasteiger partial charge in [0.2, 0.25) is 0 Å². The van der Waals surface area contributed by atoms with Crippen LogP contribution in [0.4, 0.5) is 0 Å². The molecule has 0 saturated heterocycles. The second-order valence-corrected chi connectivity index (χ2v) is 13.1. The molecule has 214 valence electrons. The lowest BCUT2D eigenvalue weighted by Crippen LogP contribution is -1.91. The average molecular weight is 603 g/mol. The van der Waals surface area contributed by atoms with E-state index in [-0.39, 0.29) is 0 Å². The van der Waals surface area contributed by atoms with Gasteiger partial charge in [-0.05, 0) is 72.3 Å². The molecule has 2 heteroatoms. The molecule has 10 aromatic rings. The van der Waals surface area contributed by atoms with Crippen molar-refractivity contribution in [1.82, 2.24) is 0 Å². The highest BCUT2D eigenvalue weighted by Gasteiger charge is 2.19. The molecule has 0 saturated carbocycles. The molecule has 1 nitrogen and oxygen atoms in total. The Balaban J connectivity index is 1.23. The molecule has 0 aliphatic heterocycles. The van der Waals surface area contributed by atoms with Gasteiger partial charge >= 0.3 is 0 Å². The van der Waals surface area contributed by atoms with Gasteiger partial charge in [-0.15, -0.1) is 11.3 Å². The van der Waals surface area contributed by atoms with E-state index >= 15 is 0 Å². The first-order valence-corrected chi connectivity index (χ1v) is 16.5. The largest absolute Gasteiger partial charge is 0.462 e. The Labute approximate surface area is 269 Å². The van der Waals surface area contributed by atoms with Crippen molar-refractivity contribution in [2.45, 2.75) is 0 Å². The molecule has 0 atom stereocenters. The third-order valence-electron chi connectivity index (χ3n) is 9.54. The highest BCUT2D eigenvalue weighted by Crippen LogP contribution is 2.47. The van der Waals surface area contributed by atoms with Gasteiger partial charge in [0.1, 0.15) is 0 Å². The summed E-state index contributed by atoms with van der Waals surface area (Å²) in [7, 11) is 0. The van der Waals surface area contributed by atoms with Gasteiger partial charge < -0.3 is 4.42 Å². The van der Waals surface area contributed by atoms with Crippen LogP contribution in [-0.2, 0) is 0 Å².